The van der Waals surface area contributed by atoms with Gasteiger partial charge in [0.05, 0.1) is 6.61 Å². The summed E-state index contributed by atoms with van der Waals surface area (Å²) in [7, 11) is 0. The second-order valence-corrected chi connectivity index (χ2v) is 8.85. The van der Waals surface area contributed by atoms with E-state index in [1.165, 1.54) is 43.5 Å². The molecule has 0 amide bonds. The van der Waals surface area contributed by atoms with Crippen molar-refractivity contribution >= 4 is 0 Å². The summed E-state index contributed by atoms with van der Waals surface area (Å²) in [4.78, 5) is 2.49. The van der Waals surface area contributed by atoms with Crippen LogP contribution in [0.2, 0.25) is 0 Å². The lowest BCUT2D eigenvalue weighted by atomic mass is 9.76. The van der Waals surface area contributed by atoms with Crippen LogP contribution in [0.5, 0.6) is 17.2 Å². The molecule has 4 heteroatoms. The number of aromatic hydroxyl groups is 1. The monoisotopic (exact) mass is 429 g/mol. The number of phenolic OH excluding ortho intramolecular Hbond substituents is 1. The standard InChI is InChI=1S/C28H31NO3/c30-23-11-14-27-25(19-23)28(26(20-32-27)21-7-3-1-4-8-21)22-9-12-24(13-10-22)31-18-17-29-15-5-2-6-16-29/h1,3-4,7-14,19,26,28,30H,2,5-6,15-18,20H2/t26-,28+/m1/s1. The highest BCUT2D eigenvalue weighted by atomic mass is 16.5. The van der Waals surface area contributed by atoms with Crippen molar-refractivity contribution in [1.29, 1.82) is 0 Å². The highest BCUT2D eigenvalue weighted by molar-refractivity contribution is 5.51. The minimum absolute atomic E-state index is 0.107. The number of benzene rings is 3. The third-order valence-corrected chi connectivity index (χ3v) is 6.74. The summed E-state index contributed by atoms with van der Waals surface area (Å²) in [5.74, 6) is 2.31. The van der Waals surface area contributed by atoms with Gasteiger partial charge in [-0.25, -0.2) is 0 Å². The SMILES string of the molecule is Oc1ccc2c(c1)[C@H](c1ccc(OCCN3CCCCC3)cc1)[C@@H](c1ccccc1)CO2. The second kappa shape index (κ2) is 9.66. The Morgan fingerprint density at radius 1 is 0.875 bits per heavy atom. The van der Waals surface area contributed by atoms with Gasteiger partial charge in [0.15, 0.2) is 0 Å². The van der Waals surface area contributed by atoms with Crippen LogP contribution in [0.3, 0.4) is 0 Å². The molecule has 0 aliphatic carbocycles. The Labute approximate surface area is 190 Å². The number of piperidine rings is 1. The molecular formula is C28H31NO3. The summed E-state index contributed by atoms with van der Waals surface area (Å²) in [6, 6.07) is 24.4. The molecule has 2 heterocycles. The van der Waals surface area contributed by atoms with Crippen molar-refractivity contribution in [3.8, 4) is 17.2 Å². The van der Waals surface area contributed by atoms with Crippen molar-refractivity contribution in [3.05, 3.63) is 89.5 Å². The van der Waals surface area contributed by atoms with Gasteiger partial charge in [-0.2, -0.15) is 0 Å². The molecule has 1 saturated heterocycles. The Bertz CT molecular complexity index is 1010. The Kier molecular flexibility index (Phi) is 6.31. The summed E-state index contributed by atoms with van der Waals surface area (Å²) >= 11 is 0. The Hall–Kier alpha value is -2.98. The zero-order chi connectivity index (χ0) is 21.8. The fraction of sp³-hybridized carbons (Fsp3) is 0.357. The van der Waals surface area contributed by atoms with E-state index in [1.54, 1.807) is 6.07 Å². The van der Waals surface area contributed by atoms with Crippen LogP contribution in [0.1, 0.15) is 47.8 Å². The third kappa shape index (κ3) is 4.61. The van der Waals surface area contributed by atoms with Crippen LogP contribution in [0.25, 0.3) is 0 Å². The Morgan fingerprint density at radius 3 is 2.44 bits per heavy atom. The summed E-state index contributed by atoms with van der Waals surface area (Å²) < 4.78 is 12.1. The number of nitrogens with zero attached hydrogens (tertiary/aromatic N) is 1. The molecule has 0 aromatic heterocycles. The smallest absolute Gasteiger partial charge is 0.123 e. The van der Waals surface area contributed by atoms with E-state index in [2.05, 4.69) is 53.4 Å². The number of hydrogen-bond acceptors (Lipinski definition) is 4. The molecule has 2 aliphatic heterocycles. The first-order valence-electron chi connectivity index (χ1n) is 11.7. The first kappa shape index (κ1) is 20.9. The topological polar surface area (TPSA) is 41.9 Å². The average Bonchev–Trinajstić information content (AvgIpc) is 2.85. The predicted molar refractivity (Wildman–Crippen MR) is 127 cm³/mol. The molecule has 2 atom stereocenters. The van der Waals surface area contributed by atoms with Crippen molar-refractivity contribution in [2.24, 2.45) is 0 Å². The highest BCUT2D eigenvalue weighted by Gasteiger charge is 2.33. The van der Waals surface area contributed by atoms with E-state index < -0.39 is 0 Å². The largest absolute Gasteiger partial charge is 0.508 e. The molecule has 1 fully saturated rings. The van der Waals surface area contributed by atoms with Gasteiger partial charge >= 0.3 is 0 Å². The van der Waals surface area contributed by atoms with E-state index >= 15 is 0 Å². The fourth-order valence-corrected chi connectivity index (χ4v) is 5.05. The molecule has 5 rings (SSSR count). The average molecular weight is 430 g/mol. The van der Waals surface area contributed by atoms with Crippen LogP contribution in [0.4, 0.5) is 0 Å². The van der Waals surface area contributed by atoms with Crippen LogP contribution in [-0.4, -0.2) is 42.9 Å². The number of hydrogen-bond donors (Lipinski definition) is 1. The van der Waals surface area contributed by atoms with Crippen molar-refractivity contribution in [2.75, 3.05) is 32.8 Å². The van der Waals surface area contributed by atoms with Crippen LogP contribution in [-0.2, 0) is 0 Å². The zero-order valence-corrected chi connectivity index (χ0v) is 18.5. The van der Waals surface area contributed by atoms with Crippen molar-refractivity contribution in [1.82, 2.24) is 4.90 Å². The van der Waals surface area contributed by atoms with Gasteiger partial charge in [-0.05, 0) is 67.4 Å². The lowest BCUT2D eigenvalue weighted by molar-refractivity contribution is 0.183. The van der Waals surface area contributed by atoms with Gasteiger partial charge in [-0.1, -0.05) is 48.9 Å². The van der Waals surface area contributed by atoms with Gasteiger partial charge in [0.1, 0.15) is 23.9 Å². The van der Waals surface area contributed by atoms with E-state index in [0.29, 0.717) is 6.61 Å². The summed E-state index contributed by atoms with van der Waals surface area (Å²) in [5.41, 5.74) is 3.48. The van der Waals surface area contributed by atoms with Crippen LogP contribution in [0, 0.1) is 0 Å². The van der Waals surface area contributed by atoms with E-state index in [4.69, 9.17) is 9.47 Å². The first-order chi connectivity index (χ1) is 15.8. The molecule has 0 unspecified atom stereocenters. The van der Waals surface area contributed by atoms with Gasteiger partial charge in [-0.15, -0.1) is 0 Å². The first-order valence-corrected chi connectivity index (χ1v) is 11.7. The molecule has 166 valence electrons. The van der Waals surface area contributed by atoms with Gasteiger partial charge in [0.25, 0.3) is 0 Å². The lowest BCUT2D eigenvalue weighted by Gasteiger charge is -2.34. The second-order valence-electron chi connectivity index (χ2n) is 8.85. The normalized spacial score (nSPS) is 20.9. The molecule has 0 saturated carbocycles. The van der Waals surface area contributed by atoms with Crippen LogP contribution >= 0.6 is 0 Å². The third-order valence-electron chi connectivity index (χ3n) is 6.74. The van der Waals surface area contributed by atoms with Gasteiger partial charge < -0.3 is 14.6 Å². The van der Waals surface area contributed by atoms with E-state index in [1.807, 2.05) is 18.2 Å². The molecule has 4 nitrogen and oxygen atoms in total. The minimum atomic E-state index is 0.107. The molecule has 3 aromatic carbocycles. The number of rotatable bonds is 6. The quantitative estimate of drug-likeness (QED) is 0.557. The maximum Gasteiger partial charge on any atom is 0.123 e. The maximum atomic E-state index is 10.2. The molecule has 0 spiro atoms. The Morgan fingerprint density at radius 2 is 1.66 bits per heavy atom. The highest BCUT2D eigenvalue weighted by Crippen LogP contribution is 2.47. The van der Waals surface area contributed by atoms with Gasteiger partial charge in [0.2, 0.25) is 0 Å². The van der Waals surface area contributed by atoms with E-state index in [9.17, 15) is 5.11 Å². The van der Waals surface area contributed by atoms with Crippen LogP contribution < -0.4 is 9.47 Å². The summed E-state index contributed by atoms with van der Waals surface area (Å²) in [6.07, 6.45) is 3.97. The lowest BCUT2D eigenvalue weighted by Crippen LogP contribution is -2.33. The summed E-state index contributed by atoms with van der Waals surface area (Å²) in [5, 5.41) is 10.2. The van der Waals surface area contributed by atoms with Gasteiger partial charge in [0, 0.05) is 23.9 Å². The number of fused-ring (bicyclic) bond motifs is 1. The van der Waals surface area contributed by atoms with E-state index in [0.717, 1.165) is 30.2 Å². The Balaban J connectivity index is 1.36. The molecule has 32 heavy (non-hydrogen) atoms. The van der Waals surface area contributed by atoms with Gasteiger partial charge in [-0.3, -0.25) is 4.90 Å². The van der Waals surface area contributed by atoms with Crippen LogP contribution in [0.15, 0.2) is 72.8 Å². The predicted octanol–water partition coefficient (Wildman–Crippen LogP) is 5.57. The molecule has 1 N–H and O–H groups in total. The molecule has 3 aromatic rings. The zero-order valence-electron chi connectivity index (χ0n) is 18.5. The number of phenols is 1. The maximum absolute atomic E-state index is 10.2. The number of ether oxygens (including phenoxy) is 2. The fourth-order valence-electron chi connectivity index (χ4n) is 5.05. The molecule has 0 bridgehead atoms. The van der Waals surface area contributed by atoms with Crippen molar-refractivity contribution < 1.29 is 14.6 Å². The summed E-state index contributed by atoms with van der Waals surface area (Å²) in [6.45, 7) is 4.71. The minimum Gasteiger partial charge on any atom is -0.508 e. The molecule has 2 aliphatic rings. The van der Waals surface area contributed by atoms with Crippen molar-refractivity contribution in [2.45, 2.75) is 31.1 Å². The van der Waals surface area contributed by atoms with E-state index in [-0.39, 0.29) is 17.6 Å². The van der Waals surface area contributed by atoms with Crippen molar-refractivity contribution in [3.63, 3.8) is 0 Å². The molecule has 0 radical (unpaired) electrons. The number of likely N-dealkylation sites (tertiary alicyclic amines) is 1. The molecular weight excluding hydrogens is 398 g/mol.